The lowest BCUT2D eigenvalue weighted by Crippen LogP contribution is -2.22. The summed E-state index contributed by atoms with van der Waals surface area (Å²) in [5.41, 5.74) is 1.36. The summed E-state index contributed by atoms with van der Waals surface area (Å²) in [6.07, 6.45) is 0.779. The van der Waals surface area contributed by atoms with E-state index in [1.807, 2.05) is 6.07 Å². The SMILES string of the molecule is CC(C)c1noc(CCNC[C@H](C)c2ccccc2)n1. The van der Waals surface area contributed by atoms with E-state index >= 15 is 0 Å². The maximum Gasteiger partial charge on any atom is 0.227 e. The standard InChI is InChI=1S/C16H23N3O/c1-12(2)16-18-15(20-19-16)9-10-17-11-13(3)14-7-5-4-6-8-14/h4-8,12-13,17H,9-11H2,1-3H3/t13-/m0/s1. The second kappa shape index (κ2) is 7.20. The molecule has 0 bridgehead atoms. The van der Waals surface area contributed by atoms with Gasteiger partial charge < -0.3 is 9.84 Å². The van der Waals surface area contributed by atoms with E-state index in [1.165, 1.54) is 5.56 Å². The van der Waals surface area contributed by atoms with Crippen molar-refractivity contribution in [1.82, 2.24) is 15.5 Å². The minimum atomic E-state index is 0.318. The molecule has 20 heavy (non-hydrogen) atoms. The van der Waals surface area contributed by atoms with Crippen LogP contribution in [-0.4, -0.2) is 23.2 Å². The van der Waals surface area contributed by atoms with E-state index in [9.17, 15) is 0 Å². The largest absolute Gasteiger partial charge is 0.339 e. The zero-order valence-electron chi connectivity index (χ0n) is 12.5. The van der Waals surface area contributed by atoms with Crippen molar-refractivity contribution in [3.63, 3.8) is 0 Å². The number of benzene rings is 1. The van der Waals surface area contributed by atoms with Crippen molar-refractivity contribution in [2.24, 2.45) is 0 Å². The monoisotopic (exact) mass is 273 g/mol. The van der Waals surface area contributed by atoms with Gasteiger partial charge in [-0.25, -0.2) is 0 Å². The molecule has 0 amide bonds. The lowest BCUT2D eigenvalue weighted by atomic mass is 10.0. The van der Waals surface area contributed by atoms with Crippen molar-refractivity contribution in [2.75, 3.05) is 13.1 Å². The summed E-state index contributed by atoms with van der Waals surface area (Å²) in [5.74, 6) is 2.33. The van der Waals surface area contributed by atoms with Gasteiger partial charge in [0.15, 0.2) is 5.82 Å². The number of hydrogen-bond acceptors (Lipinski definition) is 4. The lowest BCUT2D eigenvalue weighted by molar-refractivity contribution is 0.368. The van der Waals surface area contributed by atoms with Gasteiger partial charge in [0, 0.05) is 25.4 Å². The van der Waals surface area contributed by atoms with Gasteiger partial charge in [-0.15, -0.1) is 0 Å². The molecule has 0 aliphatic heterocycles. The molecular formula is C16H23N3O. The average molecular weight is 273 g/mol. The van der Waals surface area contributed by atoms with E-state index in [1.54, 1.807) is 0 Å². The van der Waals surface area contributed by atoms with Crippen molar-refractivity contribution in [3.05, 3.63) is 47.6 Å². The first-order valence-electron chi connectivity index (χ1n) is 7.25. The van der Waals surface area contributed by atoms with E-state index in [0.29, 0.717) is 17.7 Å². The van der Waals surface area contributed by atoms with Gasteiger partial charge in [-0.1, -0.05) is 56.3 Å². The summed E-state index contributed by atoms with van der Waals surface area (Å²) in [6.45, 7) is 8.17. The minimum Gasteiger partial charge on any atom is -0.339 e. The molecule has 0 radical (unpaired) electrons. The summed E-state index contributed by atoms with van der Waals surface area (Å²) in [7, 11) is 0. The number of hydrogen-bond donors (Lipinski definition) is 1. The Kier molecular flexibility index (Phi) is 5.30. The first-order chi connectivity index (χ1) is 9.66. The maximum atomic E-state index is 5.22. The normalized spacial score (nSPS) is 12.8. The third-order valence-corrected chi connectivity index (χ3v) is 3.33. The van der Waals surface area contributed by atoms with Crippen molar-refractivity contribution >= 4 is 0 Å². The minimum absolute atomic E-state index is 0.318. The quantitative estimate of drug-likeness (QED) is 0.787. The summed E-state index contributed by atoms with van der Waals surface area (Å²) in [6, 6.07) is 10.5. The highest BCUT2D eigenvalue weighted by molar-refractivity contribution is 5.18. The molecule has 0 fully saturated rings. The molecule has 1 atom stereocenters. The van der Waals surface area contributed by atoms with Crippen LogP contribution < -0.4 is 5.32 Å². The molecule has 0 aliphatic rings. The van der Waals surface area contributed by atoms with Gasteiger partial charge in [0.1, 0.15) is 0 Å². The first kappa shape index (κ1) is 14.7. The number of rotatable bonds is 7. The number of nitrogens with zero attached hydrogens (tertiary/aromatic N) is 2. The van der Waals surface area contributed by atoms with Crippen LogP contribution in [0.2, 0.25) is 0 Å². The molecule has 0 aliphatic carbocycles. The summed E-state index contributed by atoms with van der Waals surface area (Å²) < 4.78 is 5.22. The molecule has 2 aromatic rings. The van der Waals surface area contributed by atoms with E-state index in [-0.39, 0.29) is 0 Å². The number of nitrogens with one attached hydrogen (secondary N) is 1. The summed E-state index contributed by atoms with van der Waals surface area (Å²) in [5, 5.41) is 7.41. The van der Waals surface area contributed by atoms with Crippen LogP contribution in [0.4, 0.5) is 0 Å². The Bertz CT molecular complexity index is 507. The van der Waals surface area contributed by atoms with Gasteiger partial charge in [0.05, 0.1) is 0 Å². The molecule has 1 aromatic carbocycles. The third kappa shape index (κ3) is 4.17. The topological polar surface area (TPSA) is 51.0 Å². The molecule has 4 nitrogen and oxygen atoms in total. The lowest BCUT2D eigenvalue weighted by Gasteiger charge is -2.12. The molecule has 108 valence electrons. The predicted octanol–water partition coefficient (Wildman–Crippen LogP) is 3.13. The maximum absolute atomic E-state index is 5.22. The zero-order chi connectivity index (χ0) is 14.4. The smallest absolute Gasteiger partial charge is 0.227 e. The van der Waals surface area contributed by atoms with Crippen molar-refractivity contribution in [3.8, 4) is 0 Å². The average Bonchev–Trinajstić information content (AvgIpc) is 2.93. The van der Waals surface area contributed by atoms with Crippen LogP contribution in [0.25, 0.3) is 0 Å². The van der Waals surface area contributed by atoms with Gasteiger partial charge in [0.25, 0.3) is 0 Å². The van der Waals surface area contributed by atoms with E-state index in [2.05, 4.69) is 60.5 Å². The molecule has 1 heterocycles. The predicted molar refractivity (Wildman–Crippen MR) is 79.8 cm³/mol. The summed E-state index contributed by atoms with van der Waals surface area (Å²) >= 11 is 0. The number of aromatic nitrogens is 2. The Hall–Kier alpha value is -1.68. The molecule has 4 heteroatoms. The fraction of sp³-hybridized carbons (Fsp3) is 0.500. The van der Waals surface area contributed by atoms with Crippen LogP contribution in [0.15, 0.2) is 34.9 Å². The van der Waals surface area contributed by atoms with Crippen molar-refractivity contribution in [1.29, 1.82) is 0 Å². The van der Waals surface area contributed by atoms with Crippen LogP contribution in [0, 0.1) is 0 Å². The van der Waals surface area contributed by atoms with E-state index in [0.717, 1.165) is 25.3 Å². The third-order valence-electron chi connectivity index (χ3n) is 3.33. The first-order valence-corrected chi connectivity index (χ1v) is 7.25. The fourth-order valence-electron chi connectivity index (χ4n) is 2.02. The second-order valence-corrected chi connectivity index (χ2v) is 5.47. The fourth-order valence-corrected chi connectivity index (χ4v) is 2.02. The highest BCUT2D eigenvalue weighted by Crippen LogP contribution is 2.13. The van der Waals surface area contributed by atoms with Crippen LogP contribution in [0.1, 0.15) is 49.9 Å². The Morgan fingerprint density at radius 1 is 1.15 bits per heavy atom. The zero-order valence-corrected chi connectivity index (χ0v) is 12.5. The molecule has 1 aromatic heterocycles. The molecule has 0 saturated heterocycles. The molecule has 0 saturated carbocycles. The summed E-state index contributed by atoms with van der Waals surface area (Å²) in [4.78, 5) is 4.37. The Morgan fingerprint density at radius 2 is 1.90 bits per heavy atom. The van der Waals surface area contributed by atoms with Crippen LogP contribution in [0.5, 0.6) is 0 Å². The highest BCUT2D eigenvalue weighted by atomic mass is 16.5. The van der Waals surface area contributed by atoms with Gasteiger partial charge in [-0.05, 0) is 11.5 Å². The van der Waals surface area contributed by atoms with E-state index in [4.69, 9.17) is 4.52 Å². The van der Waals surface area contributed by atoms with Crippen LogP contribution in [0.3, 0.4) is 0 Å². The van der Waals surface area contributed by atoms with Crippen LogP contribution in [-0.2, 0) is 6.42 Å². The molecule has 0 spiro atoms. The highest BCUT2D eigenvalue weighted by Gasteiger charge is 2.09. The Labute approximate surface area is 120 Å². The van der Waals surface area contributed by atoms with Crippen LogP contribution >= 0.6 is 0 Å². The van der Waals surface area contributed by atoms with Gasteiger partial charge in [0.2, 0.25) is 5.89 Å². The van der Waals surface area contributed by atoms with Crippen molar-refractivity contribution in [2.45, 2.75) is 39.0 Å². The van der Waals surface area contributed by atoms with Gasteiger partial charge >= 0.3 is 0 Å². The molecule has 1 N–H and O–H groups in total. The molecule has 0 unspecified atom stereocenters. The molecular weight excluding hydrogens is 250 g/mol. The Morgan fingerprint density at radius 3 is 2.55 bits per heavy atom. The van der Waals surface area contributed by atoms with E-state index < -0.39 is 0 Å². The molecule has 2 rings (SSSR count). The van der Waals surface area contributed by atoms with Gasteiger partial charge in [-0.3, -0.25) is 0 Å². The van der Waals surface area contributed by atoms with Crippen molar-refractivity contribution < 1.29 is 4.52 Å². The second-order valence-electron chi connectivity index (χ2n) is 5.47. The van der Waals surface area contributed by atoms with Gasteiger partial charge in [-0.2, -0.15) is 4.98 Å². The Balaban J connectivity index is 1.71.